The van der Waals surface area contributed by atoms with Crippen LogP contribution in [0.5, 0.6) is 0 Å². The fraction of sp³-hybridized carbons (Fsp3) is 0.778. The van der Waals surface area contributed by atoms with Crippen molar-refractivity contribution in [1.82, 2.24) is 15.5 Å². The van der Waals surface area contributed by atoms with Crippen molar-refractivity contribution in [3.63, 3.8) is 0 Å². The van der Waals surface area contributed by atoms with Crippen LogP contribution in [0.25, 0.3) is 0 Å². The fourth-order valence-electron chi connectivity index (χ4n) is 0.925. The van der Waals surface area contributed by atoms with Gasteiger partial charge in [-0.3, -0.25) is 0 Å². The molecule has 1 rings (SSSR count). The lowest BCUT2D eigenvalue weighted by atomic mass is 10.4. The van der Waals surface area contributed by atoms with Crippen LogP contribution in [0.1, 0.15) is 23.0 Å². The van der Waals surface area contributed by atoms with E-state index < -0.39 is 0 Å². The van der Waals surface area contributed by atoms with Gasteiger partial charge in [-0.1, -0.05) is 11.3 Å². The topological polar surface area (TPSA) is 56.3 Å². The van der Waals surface area contributed by atoms with Gasteiger partial charge in [-0.15, -0.1) is 10.2 Å². The highest BCUT2D eigenvalue weighted by Crippen LogP contribution is 2.17. The van der Waals surface area contributed by atoms with E-state index in [1.54, 1.807) is 18.4 Å². The van der Waals surface area contributed by atoms with Gasteiger partial charge in [0.15, 0.2) is 0 Å². The van der Waals surface area contributed by atoms with E-state index in [0.717, 1.165) is 10.0 Å². The maximum Gasteiger partial charge on any atom is 0.143 e. The molecule has 86 valence electrons. The number of nitrogens with one attached hydrogen (secondary N) is 1. The summed E-state index contributed by atoms with van der Waals surface area (Å²) in [5.74, 6) is 0. The van der Waals surface area contributed by atoms with Gasteiger partial charge < -0.3 is 14.8 Å². The second-order valence-corrected chi connectivity index (χ2v) is 4.18. The molecule has 0 fully saturated rings. The maximum atomic E-state index is 5.35. The molecule has 1 atom stereocenters. The van der Waals surface area contributed by atoms with Crippen LogP contribution in [-0.2, 0) is 16.1 Å². The second kappa shape index (κ2) is 6.84. The number of methoxy groups -OCH3 is 1. The lowest BCUT2D eigenvalue weighted by molar-refractivity contribution is 0.0613. The van der Waals surface area contributed by atoms with Gasteiger partial charge in [-0.25, -0.2) is 0 Å². The molecule has 0 radical (unpaired) electrons. The highest BCUT2D eigenvalue weighted by Gasteiger charge is 2.09. The van der Waals surface area contributed by atoms with E-state index in [1.807, 2.05) is 7.05 Å². The van der Waals surface area contributed by atoms with Crippen LogP contribution in [0.15, 0.2) is 0 Å². The van der Waals surface area contributed by atoms with Crippen LogP contribution in [0.2, 0.25) is 0 Å². The Kier molecular flexibility index (Phi) is 5.70. The van der Waals surface area contributed by atoms with Crippen molar-refractivity contribution in [3.05, 3.63) is 10.0 Å². The van der Waals surface area contributed by atoms with Gasteiger partial charge >= 0.3 is 0 Å². The molecule has 1 aromatic rings. The van der Waals surface area contributed by atoms with Crippen molar-refractivity contribution in [2.24, 2.45) is 0 Å². The van der Waals surface area contributed by atoms with E-state index in [9.17, 15) is 0 Å². The molecule has 6 heteroatoms. The van der Waals surface area contributed by atoms with E-state index in [4.69, 9.17) is 9.47 Å². The Labute approximate surface area is 93.8 Å². The average Bonchev–Trinajstić information content (AvgIpc) is 2.72. The molecule has 0 aromatic carbocycles. The Hall–Kier alpha value is -0.560. The smallest absolute Gasteiger partial charge is 0.143 e. The minimum Gasteiger partial charge on any atom is -0.382 e. The first-order valence-electron chi connectivity index (χ1n) is 4.84. The SMILES string of the molecule is CNC(C)c1nnc(COCCOC)s1. The Bertz CT molecular complexity index is 280. The Morgan fingerprint density at radius 3 is 2.87 bits per heavy atom. The molecule has 1 heterocycles. The zero-order valence-corrected chi connectivity index (χ0v) is 10.1. The standard InChI is InChI=1S/C9H17N3O2S/c1-7(10-2)9-12-11-8(15-9)6-14-5-4-13-3/h7,10H,4-6H2,1-3H3. The number of hydrogen-bond acceptors (Lipinski definition) is 6. The van der Waals surface area contributed by atoms with E-state index in [1.165, 1.54) is 0 Å². The molecule has 1 N–H and O–H groups in total. The third-order valence-corrected chi connectivity index (χ3v) is 3.02. The molecule has 1 aromatic heterocycles. The van der Waals surface area contributed by atoms with Crippen molar-refractivity contribution >= 4 is 11.3 Å². The Balaban J connectivity index is 2.33. The molecule has 0 saturated heterocycles. The number of hydrogen-bond donors (Lipinski definition) is 1. The number of rotatable bonds is 7. The molecule has 0 amide bonds. The normalized spacial score (nSPS) is 13.0. The molecule has 1 unspecified atom stereocenters. The van der Waals surface area contributed by atoms with Crippen molar-refractivity contribution in [2.75, 3.05) is 27.4 Å². The minimum absolute atomic E-state index is 0.246. The molecule has 0 aliphatic carbocycles. The van der Waals surface area contributed by atoms with Crippen LogP contribution in [0, 0.1) is 0 Å². The zero-order chi connectivity index (χ0) is 11.1. The summed E-state index contributed by atoms with van der Waals surface area (Å²) >= 11 is 1.57. The minimum atomic E-state index is 0.246. The zero-order valence-electron chi connectivity index (χ0n) is 9.32. The van der Waals surface area contributed by atoms with Crippen molar-refractivity contribution in [3.8, 4) is 0 Å². The quantitative estimate of drug-likeness (QED) is 0.709. The van der Waals surface area contributed by atoms with E-state index >= 15 is 0 Å². The third-order valence-electron chi connectivity index (χ3n) is 1.94. The van der Waals surface area contributed by atoms with E-state index in [-0.39, 0.29) is 6.04 Å². The van der Waals surface area contributed by atoms with Gasteiger partial charge in [0.25, 0.3) is 0 Å². The lowest BCUT2D eigenvalue weighted by Crippen LogP contribution is -2.11. The van der Waals surface area contributed by atoms with Crippen LogP contribution in [-0.4, -0.2) is 37.6 Å². The average molecular weight is 231 g/mol. The fourth-order valence-corrected chi connectivity index (χ4v) is 1.77. The second-order valence-electron chi connectivity index (χ2n) is 3.09. The highest BCUT2D eigenvalue weighted by molar-refractivity contribution is 7.11. The van der Waals surface area contributed by atoms with Gasteiger partial charge in [0.1, 0.15) is 16.6 Å². The molecule has 0 bridgehead atoms. The monoisotopic (exact) mass is 231 g/mol. The summed E-state index contributed by atoms with van der Waals surface area (Å²) in [6.07, 6.45) is 0. The van der Waals surface area contributed by atoms with Gasteiger partial charge in [-0.05, 0) is 14.0 Å². The molecular weight excluding hydrogens is 214 g/mol. The number of aromatic nitrogens is 2. The van der Waals surface area contributed by atoms with Crippen molar-refractivity contribution in [2.45, 2.75) is 19.6 Å². The highest BCUT2D eigenvalue weighted by atomic mass is 32.1. The van der Waals surface area contributed by atoms with Crippen LogP contribution in [0.4, 0.5) is 0 Å². The molecule has 0 aliphatic rings. The van der Waals surface area contributed by atoms with Gasteiger partial charge in [-0.2, -0.15) is 0 Å². The first-order chi connectivity index (χ1) is 7.27. The number of ether oxygens (including phenoxy) is 2. The van der Waals surface area contributed by atoms with Gasteiger partial charge in [0.2, 0.25) is 0 Å². The predicted molar refractivity (Wildman–Crippen MR) is 58.9 cm³/mol. The molecular formula is C9H17N3O2S. The van der Waals surface area contributed by atoms with Crippen LogP contribution >= 0.6 is 11.3 Å². The number of nitrogens with zero attached hydrogens (tertiary/aromatic N) is 2. The largest absolute Gasteiger partial charge is 0.382 e. The summed E-state index contributed by atoms with van der Waals surface area (Å²) in [7, 11) is 3.56. The molecule has 0 spiro atoms. The maximum absolute atomic E-state index is 5.35. The van der Waals surface area contributed by atoms with Crippen molar-refractivity contribution < 1.29 is 9.47 Å². The van der Waals surface area contributed by atoms with E-state index in [0.29, 0.717) is 19.8 Å². The van der Waals surface area contributed by atoms with Crippen LogP contribution in [0.3, 0.4) is 0 Å². The Morgan fingerprint density at radius 2 is 2.20 bits per heavy atom. The summed E-state index contributed by atoms with van der Waals surface area (Å²) in [6.45, 7) is 3.76. The summed E-state index contributed by atoms with van der Waals surface area (Å²) < 4.78 is 10.2. The summed E-state index contributed by atoms with van der Waals surface area (Å²) in [5, 5.41) is 13.1. The van der Waals surface area contributed by atoms with Gasteiger partial charge in [0, 0.05) is 7.11 Å². The summed E-state index contributed by atoms with van der Waals surface area (Å²) in [5.41, 5.74) is 0. The summed E-state index contributed by atoms with van der Waals surface area (Å²) in [6, 6.07) is 0.246. The Morgan fingerprint density at radius 1 is 1.40 bits per heavy atom. The third kappa shape index (κ3) is 4.21. The lowest BCUT2D eigenvalue weighted by Gasteiger charge is -2.03. The summed E-state index contributed by atoms with van der Waals surface area (Å²) in [4.78, 5) is 0. The molecule has 15 heavy (non-hydrogen) atoms. The molecule has 5 nitrogen and oxygen atoms in total. The first-order valence-corrected chi connectivity index (χ1v) is 5.65. The van der Waals surface area contributed by atoms with E-state index in [2.05, 4.69) is 22.4 Å². The predicted octanol–water partition coefficient (Wildman–Crippen LogP) is 0.981. The molecule has 0 saturated carbocycles. The van der Waals surface area contributed by atoms with Crippen LogP contribution < -0.4 is 5.32 Å². The molecule has 0 aliphatic heterocycles. The van der Waals surface area contributed by atoms with Gasteiger partial charge in [0.05, 0.1) is 19.3 Å². The first kappa shape index (κ1) is 12.5. The van der Waals surface area contributed by atoms with Crippen molar-refractivity contribution in [1.29, 1.82) is 0 Å².